The van der Waals surface area contributed by atoms with Gasteiger partial charge >= 0.3 is 0 Å². The van der Waals surface area contributed by atoms with Crippen molar-refractivity contribution in [1.82, 2.24) is 10.2 Å². The largest absolute Gasteiger partial charge is 0.491 e. The minimum Gasteiger partial charge on any atom is -0.491 e. The fourth-order valence-electron chi connectivity index (χ4n) is 3.41. The topological polar surface area (TPSA) is 74.9 Å². The Morgan fingerprint density at radius 2 is 2.15 bits per heavy atom. The number of benzene rings is 2. The van der Waals surface area contributed by atoms with Crippen LogP contribution >= 0.6 is 0 Å². The Morgan fingerprint density at radius 1 is 1.26 bits per heavy atom. The third-order valence-corrected chi connectivity index (χ3v) is 4.70. The number of aliphatic hydroxyl groups excluding tert-OH is 1. The Morgan fingerprint density at radius 3 is 2.96 bits per heavy atom. The molecule has 1 unspecified atom stereocenters. The van der Waals surface area contributed by atoms with Crippen LogP contribution in [0.3, 0.4) is 0 Å². The van der Waals surface area contributed by atoms with Crippen molar-refractivity contribution in [2.24, 2.45) is 0 Å². The van der Waals surface area contributed by atoms with Gasteiger partial charge in [-0.15, -0.1) is 0 Å². The molecule has 1 aliphatic heterocycles. The first kappa shape index (κ1) is 17.6. The van der Waals surface area contributed by atoms with Gasteiger partial charge in [0.1, 0.15) is 18.5 Å². The second kappa shape index (κ2) is 7.82. The summed E-state index contributed by atoms with van der Waals surface area (Å²) in [7, 11) is 0. The van der Waals surface area contributed by atoms with Crippen molar-refractivity contribution in [2.45, 2.75) is 6.10 Å². The van der Waals surface area contributed by atoms with Gasteiger partial charge < -0.3 is 19.6 Å². The summed E-state index contributed by atoms with van der Waals surface area (Å²) in [6.07, 6.45) is 2.69. The number of carbonyl (C=O) groups is 1. The number of furan rings is 1. The standard InChI is InChI=1S/C21H22N2O4/c24-17(11-23-7-6-22-21(25)12-23)14-27-18-9-15-3-1-2-4-19(15)20(10-18)16-5-8-26-13-16/h1-5,8-10,13,17,24H,6-7,11-12,14H2,(H,22,25). The highest BCUT2D eigenvalue weighted by atomic mass is 16.5. The molecule has 2 aromatic carbocycles. The third-order valence-electron chi connectivity index (χ3n) is 4.70. The molecule has 2 N–H and O–H groups in total. The molecule has 1 saturated heterocycles. The van der Waals surface area contributed by atoms with Crippen molar-refractivity contribution in [2.75, 3.05) is 32.8 Å². The number of hydrogen-bond donors (Lipinski definition) is 2. The zero-order chi connectivity index (χ0) is 18.6. The molecule has 6 heteroatoms. The summed E-state index contributed by atoms with van der Waals surface area (Å²) in [5, 5.41) is 15.3. The van der Waals surface area contributed by atoms with Gasteiger partial charge in [0.25, 0.3) is 0 Å². The van der Waals surface area contributed by atoms with E-state index in [4.69, 9.17) is 9.15 Å². The molecule has 0 bridgehead atoms. The molecule has 0 spiro atoms. The van der Waals surface area contributed by atoms with Crippen LogP contribution in [0.15, 0.2) is 59.4 Å². The van der Waals surface area contributed by atoms with Crippen LogP contribution in [0, 0.1) is 0 Å². The lowest BCUT2D eigenvalue weighted by atomic mass is 10.00. The zero-order valence-corrected chi connectivity index (χ0v) is 14.9. The van der Waals surface area contributed by atoms with E-state index in [1.165, 1.54) is 0 Å². The lowest BCUT2D eigenvalue weighted by Gasteiger charge is -2.28. The molecular formula is C21H22N2O4. The van der Waals surface area contributed by atoms with Gasteiger partial charge in [0.05, 0.1) is 19.1 Å². The summed E-state index contributed by atoms with van der Waals surface area (Å²) in [6.45, 7) is 2.25. The summed E-state index contributed by atoms with van der Waals surface area (Å²) in [4.78, 5) is 13.4. The predicted octanol–water partition coefficient (Wildman–Crippen LogP) is 2.27. The maximum absolute atomic E-state index is 11.4. The lowest BCUT2D eigenvalue weighted by molar-refractivity contribution is -0.124. The van der Waals surface area contributed by atoms with Crippen molar-refractivity contribution in [1.29, 1.82) is 0 Å². The number of nitrogens with one attached hydrogen (secondary N) is 1. The first-order valence-corrected chi connectivity index (χ1v) is 9.04. The SMILES string of the molecule is O=C1CN(CC(O)COc2cc(-c3ccoc3)c3ccccc3c2)CCN1. The van der Waals surface area contributed by atoms with Crippen LogP contribution in [0.1, 0.15) is 0 Å². The van der Waals surface area contributed by atoms with Crippen LogP contribution in [-0.2, 0) is 4.79 Å². The molecule has 0 saturated carbocycles. The predicted molar refractivity (Wildman–Crippen MR) is 103 cm³/mol. The number of nitrogens with zero attached hydrogens (tertiary/aromatic N) is 1. The van der Waals surface area contributed by atoms with Crippen LogP contribution in [0.5, 0.6) is 5.75 Å². The van der Waals surface area contributed by atoms with E-state index in [1.54, 1.807) is 12.5 Å². The van der Waals surface area contributed by atoms with Gasteiger partial charge in [-0.25, -0.2) is 0 Å². The molecule has 4 rings (SSSR count). The van der Waals surface area contributed by atoms with Crippen molar-refractivity contribution < 1.29 is 19.1 Å². The molecule has 0 aliphatic carbocycles. The number of amides is 1. The summed E-state index contributed by atoms with van der Waals surface area (Å²) < 4.78 is 11.1. The van der Waals surface area contributed by atoms with Gasteiger partial charge in [-0.2, -0.15) is 0 Å². The maximum atomic E-state index is 11.4. The summed E-state index contributed by atoms with van der Waals surface area (Å²) in [5.74, 6) is 0.689. The van der Waals surface area contributed by atoms with Gasteiger partial charge in [0, 0.05) is 25.2 Å². The molecule has 3 aromatic rings. The molecule has 0 radical (unpaired) electrons. The first-order valence-electron chi connectivity index (χ1n) is 9.04. The van der Waals surface area contributed by atoms with E-state index in [2.05, 4.69) is 11.4 Å². The molecule has 27 heavy (non-hydrogen) atoms. The Hall–Kier alpha value is -2.83. The normalized spacial score (nSPS) is 16.3. The zero-order valence-electron chi connectivity index (χ0n) is 14.9. The average molecular weight is 366 g/mol. The van der Waals surface area contributed by atoms with Gasteiger partial charge in [0.2, 0.25) is 5.91 Å². The Labute approximate surface area is 157 Å². The maximum Gasteiger partial charge on any atom is 0.234 e. The highest BCUT2D eigenvalue weighted by Gasteiger charge is 2.19. The second-order valence-electron chi connectivity index (χ2n) is 6.75. The highest BCUT2D eigenvalue weighted by Crippen LogP contribution is 2.33. The number of hydrogen-bond acceptors (Lipinski definition) is 5. The molecule has 1 aromatic heterocycles. The van der Waals surface area contributed by atoms with E-state index in [1.807, 2.05) is 41.3 Å². The molecule has 1 aliphatic rings. The smallest absolute Gasteiger partial charge is 0.234 e. The molecular weight excluding hydrogens is 344 g/mol. The van der Waals surface area contributed by atoms with Gasteiger partial charge in [-0.1, -0.05) is 24.3 Å². The molecule has 6 nitrogen and oxygen atoms in total. The van der Waals surface area contributed by atoms with E-state index < -0.39 is 6.10 Å². The van der Waals surface area contributed by atoms with E-state index >= 15 is 0 Å². The monoisotopic (exact) mass is 366 g/mol. The van der Waals surface area contributed by atoms with E-state index in [-0.39, 0.29) is 12.5 Å². The van der Waals surface area contributed by atoms with Crippen LogP contribution in [-0.4, -0.2) is 54.8 Å². The Balaban J connectivity index is 1.48. The van der Waals surface area contributed by atoms with Crippen molar-refractivity contribution >= 4 is 16.7 Å². The quantitative estimate of drug-likeness (QED) is 0.700. The molecule has 1 amide bonds. The number of fused-ring (bicyclic) bond motifs is 1. The number of ether oxygens (including phenoxy) is 1. The number of carbonyl (C=O) groups excluding carboxylic acids is 1. The highest BCUT2D eigenvalue weighted by molar-refractivity contribution is 5.97. The minimum atomic E-state index is -0.667. The number of piperazine rings is 1. The Bertz CT molecular complexity index is 923. The van der Waals surface area contributed by atoms with Gasteiger partial charge in [-0.05, 0) is 34.5 Å². The molecule has 140 valence electrons. The van der Waals surface area contributed by atoms with Crippen molar-refractivity contribution in [3.8, 4) is 16.9 Å². The first-order chi connectivity index (χ1) is 13.2. The van der Waals surface area contributed by atoms with Gasteiger partial charge in [0.15, 0.2) is 0 Å². The van der Waals surface area contributed by atoms with Crippen molar-refractivity contribution in [3.05, 3.63) is 55.0 Å². The lowest BCUT2D eigenvalue weighted by Crippen LogP contribution is -2.50. The van der Waals surface area contributed by atoms with Crippen LogP contribution in [0.2, 0.25) is 0 Å². The van der Waals surface area contributed by atoms with Crippen LogP contribution in [0.25, 0.3) is 21.9 Å². The van der Waals surface area contributed by atoms with E-state index in [9.17, 15) is 9.90 Å². The molecule has 2 heterocycles. The van der Waals surface area contributed by atoms with Gasteiger partial charge in [-0.3, -0.25) is 9.69 Å². The Kier molecular flexibility index (Phi) is 5.09. The van der Waals surface area contributed by atoms with Crippen molar-refractivity contribution in [3.63, 3.8) is 0 Å². The minimum absolute atomic E-state index is 0.00588. The fourth-order valence-corrected chi connectivity index (χ4v) is 3.41. The second-order valence-corrected chi connectivity index (χ2v) is 6.75. The number of rotatable bonds is 6. The number of aliphatic hydroxyl groups is 1. The van der Waals surface area contributed by atoms with E-state index in [0.717, 1.165) is 28.4 Å². The van der Waals surface area contributed by atoms with Crippen LogP contribution in [0.4, 0.5) is 0 Å². The molecule has 1 fully saturated rings. The molecule has 1 atom stereocenters. The van der Waals surface area contributed by atoms with E-state index in [0.29, 0.717) is 25.4 Å². The summed E-state index contributed by atoms with van der Waals surface area (Å²) in [6, 6.07) is 14.0. The average Bonchev–Trinajstić information content (AvgIpc) is 3.20. The van der Waals surface area contributed by atoms with Crippen LogP contribution < -0.4 is 10.1 Å². The fraction of sp³-hybridized carbons (Fsp3) is 0.286. The third kappa shape index (κ3) is 4.13. The summed E-state index contributed by atoms with van der Waals surface area (Å²) in [5.41, 5.74) is 2.01. The number of β-amino-alcohol motifs (C(OH)–C–C–N with tert-alkyl or cyclic N) is 1. The summed E-state index contributed by atoms with van der Waals surface area (Å²) >= 11 is 0.